The van der Waals surface area contributed by atoms with Crippen molar-refractivity contribution in [1.82, 2.24) is 0 Å². The Kier molecular flexibility index (Phi) is 5.06. The highest BCUT2D eigenvalue weighted by Gasteiger charge is 2.15. The molecule has 2 N–H and O–H groups in total. The molecule has 0 heterocycles. The van der Waals surface area contributed by atoms with E-state index in [1.54, 1.807) is 6.92 Å². The Labute approximate surface area is 104 Å². The summed E-state index contributed by atoms with van der Waals surface area (Å²) >= 11 is 0. The smallest absolute Gasteiger partial charge is 0.326 e. The van der Waals surface area contributed by atoms with Crippen molar-refractivity contribution in [2.24, 2.45) is 5.73 Å². The minimum atomic E-state index is -0.875. The molecule has 0 saturated heterocycles. The van der Waals surface area contributed by atoms with Crippen LogP contribution in [0.3, 0.4) is 0 Å². The van der Waals surface area contributed by atoms with Crippen LogP contribution in [-0.2, 0) is 9.53 Å². The van der Waals surface area contributed by atoms with E-state index in [1.807, 2.05) is 0 Å². The quantitative estimate of drug-likeness (QED) is 0.458. The molecule has 0 bridgehead atoms. The monoisotopic (exact) mass is 254 g/mol. The Hall–Kier alpha value is -2.15. The molecule has 0 radical (unpaired) electrons. The largest absolute Gasteiger partial charge is 0.491 e. The van der Waals surface area contributed by atoms with E-state index in [9.17, 15) is 14.9 Å². The fourth-order valence-corrected chi connectivity index (χ4v) is 1.17. The zero-order valence-electron chi connectivity index (χ0n) is 9.87. The van der Waals surface area contributed by atoms with E-state index in [4.69, 9.17) is 15.2 Å². The van der Waals surface area contributed by atoms with Crippen LogP contribution < -0.4 is 10.5 Å². The van der Waals surface area contributed by atoms with Crippen LogP contribution in [0.15, 0.2) is 24.3 Å². The molecule has 0 aromatic heterocycles. The number of carbonyl (C=O) groups is 1. The average molecular weight is 254 g/mol. The molecule has 98 valence electrons. The molecule has 0 aliphatic carbocycles. The number of hydrogen-bond acceptors (Lipinski definition) is 6. The maximum atomic E-state index is 11.2. The molecular formula is C11H14N2O5. The number of nitro groups is 1. The van der Waals surface area contributed by atoms with Gasteiger partial charge in [0, 0.05) is 12.1 Å². The normalized spacial score (nSPS) is 11.7. The number of nitro benzene ring substituents is 1. The van der Waals surface area contributed by atoms with Gasteiger partial charge in [0.1, 0.15) is 18.4 Å². The van der Waals surface area contributed by atoms with Gasteiger partial charge in [-0.15, -0.1) is 0 Å². The van der Waals surface area contributed by atoms with E-state index in [0.29, 0.717) is 5.75 Å². The van der Waals surface area contributed by atoms with Crippen molar-refractivity contribution in [3.05, 3.63) is 34.4 Å². The maximum absolute atomic E-state index is 11.2. The first-order chi connectivity index (χ1) is 8.54. The standard InChI is InChI=1S/C11H14N2O5/c1-2-17-11(14)10(12)7-18-9-5-3-8(4-6-9)13(15)16/h3-6,10H,2,7,12H2,1H3. The second-order valence-corrected chi connectivity index (χ2v) is 3.42. The van der Waals surface area contributed by atoms with E-state index < -0.39 is 16.9 Å². The summed E-state index contributed by atoms with van der Waals surface area (Å²) in [6.45, 7) is 1.89. The van der Waals surface area contributed by atoms with E-state index in [0.717, 1.165) is 0 Å². The van der Waals surface area contributed by atoms with Crippen molar-refractivity contribution < 1.29 is 19.2 Å². The lowest BCUT2D eigenvalue weighted by atomic mass is 10.3. The molecule has 1 unspecified atom stereocenters. The van der Waals surface area contributed by atoms with Crippen LogP contribution in [0.25, 0.3) is 0 Å². The van der Waals surface area contributed by atoms with Gasteiger partial charge < -0.3 is 15.2 Å². The molecule has 0 saturated carbocycles. The molecule has 1 aromatic rings. The predicted octanol–water partition coefficient (Wildman–Crippen LogP) is 0.864. The number of nitrogens with two attached hydrogens (primary N) is 1. The summed E-state index contributed by atoms with van der Waals surface area (Å²) in [5.41, 5.74) is 5.49. The summed E-state index contributed by atoms with van der Waals surface area (Å²) in [4.78, 5) is 21.1. The van der Waals surface area contributed by atoms with Crippen molar-refractivity contribution in [2.45, 2.75) is 13.0 Å². The molecule has 1 aromatic carbocycles. The van der Waals surface area contributed by atoms with Gasteiger partial charge in [-0.25, -0.2) is 0 Å². The van der Waals surface area contributed by atoms with Crippen molar-refractivity contribution >= 4 is 11.7 Å². The van der Waals surface area contributed by atoms with Crippen molar-refractivity contribution in [3.63, 3.8) is 0 Å². The summed E-state index contributed by atoms with van der Waals surface area (Å²) < 4.78 is 9.93. The van der Waals surface area contributed by atoms with Crippen molar-refractivity contribution in [1.29, 1.82) is 0 Å². The lowest BCUT2D eigenvalue weighted by Crippen LogP contribution is -2.37. The molecule has 1 rings (SSSR count). The zero-order valence-corrected chi connectivity index (χ0v) is 9.87. The second kappa shape index (κ2) is 6.55. The Morgan fingerprint density at radius 3 is 2.56 bits per heavy atom. The third-order valence-corrected chi connectivity index (χ3v) is 2.07. The number of benzene rings is 1. The fraction of sp³-hybridized carbons (Fsp3) is 0.364. The number of rotatable bonds is 6. The van der Waals surface area contributed by atoms with Gasteiger partial charge in [0.2, 0.25) is 0 Å². The maximum Gasteiger partial charge on any atom is 0.326 e. The first-order valence-electron chi connectivity index (χ1n) is 5.34. The highest BCUT2D eigenvalue weighted by atomic mass is 16.6. The van der Waals surface area contributed by atoms with Gasteiger partial charge >= 0.3 is 5.97 Å². The van der Waals surface area contributed by atoms with Gasteiger partial charge in [0.05, 0.1) is 11.5 Å². The molecule has 7 nitrogen and oxygen atoms in total. The molecule has 0 aliphatic heterocycles. The molecule has 1 atom stereocenters. The minimum Gasteiger partial charge on any atom is -0.491 e. The highest BCUT2D eigenvalue weighted by molar-refractivity contribution is 5.75. The van der Waals surface area contributed by atoms with Crippen LogP contribution in [0.5, 0.6) is 5.75 Å². The fourth-order valence-electron chi connectivity index (χ4n) is 1.17. The van der Waals surface area contributed by atoms with Gasteiger partial charge in [-0.05, 0) is 19.1 Å². The number of ether oxygens (including phenoxy) is 2. The number of carbonyl (C=O) groups excluding carboxylic acids is 1. The lowest BCUT2D eigenvalue weighted by molar-refractivity contribution is -0.384. The molecule has 7 heteroatoms. The lowest BCUT2D eigenvalue weighted by Gasteiger charge is -2.11. The summed E-state index contributed by atoms with van der Waals surface area (Å²) in [7, 11) is 0. The summed E-state index contributed by atoms with van der Waals surface area (Å²) in [5.74, 6) is -0.139. The van der Waals surface area contributed by atoms with E-state index in [1.165, 1.54) is 24.3 Å². The molecule has 0 fully saturated rings. The van der Waals surface area contributed by atoms with Crippen molar-refractivity contribution in [2.75, 3.05) is 13.2 Å². The Balaban J connectivity index is 2.48. The van der Waals surface area contributed by atoms with Gasteiger partial charge in [-0.2, -0.15) is 0 Å². The predicted molar refractivity (Wildman–Crippen MR) is 63.2 cm³/mol. The Bertz CT molecular complexity index is 418. The van der Waals surface area contributed by atoms with Crippen LogP contribution in [0.2, 0.25) is 0 Å². The number of hydrogen-bond donors (Lipinski definition) is 1. The van der Waals surface area contributed by atoms with Crippen molar-refractivity contribution in [3.8, 4) is 5.75 Å². The zero-order chi connectivity index (χ0) is 13.5. The van der Waals surface area contributed by atoms with Gasteiger partial charge in [0.25, 0.3) is 5.69 Å². The first-order valence-corrected chi connectivity index (χ1v) is 5.34. The van der Waals surface area contributed by atoms with E-state index >= 15 is 0 Å². The summed E-state index contributed by atoms with van der Waals surface area (Å²) in [5, 5.41) is 10.4. The van der Waals surface area contributed by atoms with Crippen LogP contribution in [0, 0.1) is 10.1 Å². The highest BCUT2D eigenvalue weighted by Crippen LogP contribution is 2.17. The third kappa shape index (κ3) is 4.02. The van der Waals surface area contributed by atoms with Crippen LogP contribution in [-0.4, -0.2) is 30.1 Å². The van der Waals surface area contributed by atoms with Crippen LogP contribution in [0.4, 0.5) is 5.69 Å². The minimum absolute atomic E-state index is 0.0305. The Morgan fingerprint density at radius 1 is 1.44 bits per heavy atom. The first kappa shape index (κ1) is 13.9. The van der Waals surface area contributed by atoms with E-state index in [-0.39, 0.29) is 18.9 Å². The molecule has 0 spiro atoms. The summed E-state index contributed by atoms with van der Waals surface area (Å²) in [6.07, 6.45) is 0. The molecule has 0 amide bonds. The molecule has 0 aliphatic rings. The SMILES string of the molecule is CCOC(=O)C(N)COc1ccc([N+](=O)[O-])cc1. The third-order valence-electron chi connectivity index (χ3n) is 2.07. The molecular weight excluding hydrogens is 240 g/mol. The van der Waals surface area contributed by atoms with Crippen LogP contribution >= 0.6 is 0 Å². The topological polar surface area (TPSA) is 105 Å². The number of nitrogens with zero attached hydrogens (tertiary/aromatic N) is 1. The second-order valence-electron chi connectivity index (χ2n) is 3.42. The number of esters is 1. The van der Waals surface area contributed by atoms with Gasteiger partial charge in [-0.1, -0.05) is 0 Å². The Morgan fingerprint density at radius 2 is 2.06 bits per heavy atom. The average Bonchev–Trinajstić information content (AvgIpc) is 2.36. The van der Waals surface area contributed by atoms with E-state index in [2.05, 4.69) is 0 Å². The molecule has 18 heavy (non-hydrogen) atoms. The van der Waals surface area contributed by atoms with Gasteiger partial charge in [-0.3, -0.25) is 14.9 Å². The number of non-ortho nitro benzene ring substituents is 1. The summed E-state index contributed by atoms with van der Waals surface area (Å²) in [6, 6.07) is 4.63. The van der Waals surface area contributed by atoms with Gasteiger partial charge in [0.15, 0.2) is 0 Å². The van der Waals surface area contributed by atoms with Crippen LogP contribution in [0.1, 0.15) is 6.92 Å².